The van der Waals surface area contributed by atoms with E-state index in [1.165, 1.54) is 6.92 Å². The number of alkyl halides is 3. The van der Waals surface area contributed by atoms with Gasteiger partial charge in [-0.25, -0.2) is 0 Å². The van der Waals surface area contributed by atoms with Crippen molar-refractivity contribution < 1.29 is 27.8 Å². The molecule has 1 aliphatic heterocycles. The molecule has 0 radical (unpaired) electrons. The van der Waals surface area contributed by atoms with E-state index in [1.807, 2.05) is 0 Å². The van der Waals surface area contributed by atoms with Crippen molar-refractivity contribution in [2.24, 2.45) is 5.92 Å². The Morgan fingerprint density at radius 1 is 1.54 bits per heavy atom. The van der Waals surface area contributed by atoms with Gasteiger partial charge in [-0.2, -0.15) is 13.2 Å². The molecule has 0 unspecified atom stereocenters. The normalized spacial score (nSPS) is 34.9. The summed E-state index contributed by atoms with van der Waals surface area (Å²) in [4.78, 5) is 10.4. The molecule has 0 amide bonds. The lowest BCUT2D eigenvalue weighted by Crippen LogP contribution is -2.37. The van der Waals surface area contributed by atoms with E-state index in [0.29, 0.717) is 0 Å². The van der Waals surface area contributed by atoms with E-state index in [1.54, 1.807) is 0 Å². The standard InChI is InChI=1S/C7H9F3O3/c1-3-2-4(6(11)12)5(13-3)7(8,9)10/h3-5H,2H2,1H3,(H,11,12)/t3-,4-,5-/m1/s1. The summed E-state index contributed by atoms with van der Waals surface area (Å²) in [6.07, 6.45) is -7.47. The second-order valence-electron chi connectivity index (χ2n) is 3.09. The van der Waals surface area contributed by atoms with Crippen LogP contribution in [0.3, 0.4) is 0 Å². The van der Waals surface area contributed by atoms with Gasteiger partial charge >= 0.3 is 12.1 Å². The maximum absolute atomic E-state index is 12.2. The molecule has 76 valence electrons. The molecule has 0 bridgehead atoms. The third-order valence-corrected chi connectivity index (χ3v) is 1.97. The van der Waals surface area contributed by atoms with Crippen molar-refractivity contribution in [1.82, 2.24) is 0 Å². The largest absolute Gasteiger partial charge is 0.481 e. The SMILES string of the molecule is C[C@@H]1C[C@@H](C(=O)O)[C@H](C(F)(F)F)O1. The lowest BCUT2D eigenvalue weighted by Gasteiger charge is -2.18. The molecular weight excluding hydrogens is 189 g/mol. The third kappa shape index (κ3) is 2.12. The summed E-state index contributed by atoms with van der Waals surface area (Å²) in [5.74, 6) is -2.92. The smallest absolute Gasteiger partial charge is 0.415 e. The first-order valence-electron chi connectivity index (χ1n) is 3.77. The van der Waals surface area contributed by atoms with Crippen molar-refractivity contribution in [2.45, 2.75) is 31.7 Å². The summed E-state index contributed by atoms with van der Waals surface area (Å²) in [7, 11) is 0. The Balaban J connectivity index is 2.78. The van der Waals surface area contributed by atoms with Gasteiger partial charge < -0.3 is 9.84 Å². The Morgan fingerprint density at radius 2 is 2.08 bits per heavy atom. The fourth-order valence-corrected chi connectivity index (χ4v) is 1.42. The molecule has 0 aromatic heterocycles. The Hall–Kier alpha value is -0.780. The number of rotatable bonds is 1. The highest BCUT2D eigenvalue weighted by Crippen LogP contribution is 2.37. The number of aliphatic carboxylic acids is 1. The molecule has 1 heterocycles. The van der Waals surface area contributed by atoms with Crippen LogP contribution in [0.25, 0.3) is 0 Å². The molecule has 3 nitrogen and oxygen atoms in total. The van der Waals surface area contributed by atoms with Gasteiger partial charge in [0.15, 0.2) is 6.10 Å². The lowest BCUT2D eigenvalue weighted by molar-refractivity contribution is -0.225. The molecule has 1 N–H and O–H groups in total. The van der Waals surface area contributed by atoms with Crippen molar-refractivity contribution in [3.63, 3.8) is 0 Å². The van der Waals surface area contributed by atoms with Crippen LogP contribution in [0.4, 0.5) is 13.2 Å². The van der Waals surface area contributed by atoms with Crippen molar-refractivity contribution in [2.75, 3.05) is 0 Å². The highest BCUT2D eigenvalue weighted by Gasteiger charge is 2.53. The second kappa shape index (κ2) is 3.17. The fourth-order valence-electron chi connectivity index (χ4n) is 1.42. The van der Waals surface area contributed by atoms with Crippen molar-refractivity contribution in [3.05, 3.63) is 0 Å². The van der Waals surface area contributed by atoms with Gasteiger partial charge in [0.25, 0.3) is 0 Å². The van der Waals surface area contributed by atoms with Crippen LogP contribution in [0.2, 0.25) is 0 Å². The van der Waals surface area contributed by atoms with E-state index in [2.05, 4.69) is 4.74 Å². The minimum Gasteiger partial charge on any atom is -0.481 e. The summed E-state index contributed by atoms with van der Waals surface area (Å²) in [5, 5.41) is 8.48. The van der Waals surface area contributed by atoms with Crippen molar-refractivity contribution in [3.8, 4) is 0 Å². The van der Waals surface area contributed by atoms with Crippen molar-refractivity contribution in [1.29, 1.82) is 0 Å². The zero-order valence-electron chi connectivity index (χ0n) is 6.84. The van der Waals surface area contributed by atoms with Gasteiger partial charge in [-0.3, -0.25) is 4.79 Å². The summed E-state index contributed by atoms with van der Waals surface area (Å²) in [6, 6.07) is 0. The number of hydrogen-bond acceptors (Lipinski definition) is 2. The highest BCUT2D eigenvalue weighted by molar-refractivity contribution is 5.71. The van der Waals surface area contributed by atoms with E-state index in [4.69, 9.17) is 5.11 Å². The van der Waals surface area contributed by atoms with Gasteiger partial charge in [-0.1, -0.05) is 0 Å². The van der Waals surface area contributed by atoms with E-state index >= 15 is 0 Å². The molecule has 1 fully saturated rings. The van der Waals surface area contributed by atoms with Gasteiger partial charge in [0.05, 0.1) is 12.0 Å². The molecule has 0 aliphatic carbocycles. The van der Waals surface area contributed by atoms with Crippen LogP contribution in [-0.4, -0.2) is 29.5 Å². The van der Waals surface area contributed by atoms with E-state index in [-0.39, 0.29) is 6.42 Å². The second-order valence-corrected chi connectivity index (χ2v) is 3.09. The quantitative estimate of drug-likeness (QED) is 0.693. The molecule has 13 heavy (non-hydrogen) atoms. The Kier molecular flexibility index (Phi) is 2.51. The number of carboxylic acid groups (broad SMARTS) is 1. The molecular formula is C7H9F3O3. The van der Waals surface area contributed by atoms with Gasteiger partial charge in [-0.05, 0) is 13.3 Å². The number of carboxylic acids is 1. The molecule has 1 aliphatic rings. The average Bonchev–Trinajstić information content (AvgIpc) is 2.29. The van der Waals surface area contributed by atoms with Crippen LogP contribution in [0.15, 0.2) is 0 Å². The maximum Gasteiger partial charge on any atom is 0.415 e. The van der Waals surface area contributed by atoms with Gasteiger partial charge in [0, 0.05) is 0 Å². The van der Waals surface area contributed by atoms with Crippen molar-refractivity contribution >= 4 is 5.97 Å². The van der Waals surface area contributed by atoms with Crippen LogP contribution in [-0.2, 0) is 9.53 Å². The summed E-state index contributed by atoms with van der Waals surface area (Å²) >= 11 is 0. The van der Waals surface area contributed by atoms with Crippen LogP contribution >= 0.6 is 0 Å². The topological polar surface area (TPSA) is 46.5 Å². The average molecular weight is 198 g/mol. The first-order chi connectivity index (χ1) is 5.82. The van der Waals surface area contributed by atoms with E-state index < -0.39 is 30.3 Å². The zero-order chi connectivity index (χ0) is 10.2. The summed E-state index contributed by atoms with van der Waals surface area (Å²) in [6.45, 7) is 1.43. The molecule has 1 saturated heterocycles. The molecule has 3 atom stereocenters. The summed E-state index contributed by atoms with van der Waals surface area (Å²) in [5.41, 5.74) is 0. The third-order valence-electron chi connectivity index (χ3n) is 1.97. The molecule has 0 aromatic carbocycles. The number of hydrogen-bond donors (Lipinski definition) is 1. The van der Waals surface area contributed by atoms with E-state index in [0.717, 1.165) is 0 Å². The van der Waals surface area contributed by atoms with Crippen LogP contribution < -0.4 is 0 Å². The highest BCUT2D eigenvalue weighted by atomic mass is 19.4. The zero-order valence-corrected chi connectivity index (χ0v) is 6.84. The fraction of sp³-hybridized carbons (Fsp3) is 0.857. The number of carbonyl (C=O) groups is 1. The molecule has 0 spiro atoms. The maximum atomic E-state index is 12.2. The van der Waals surface area contributed by atoms with Gasteiger partial charge in [0.1, 0.15) is 0 Å². The Labute approximate surface area is 72.5 Å². The summed E-state index contributed by atoms with van der Waals surface area (Å²) < 4.78 is 41.0. The minimum absolute atomic E-state index is 0.0838. The predicted octanol–water partition coefficient (Wildman–Crippen LogP) is 1.43. The minimum atomic E-state index is -4.59. The molecule has 1 rings (SSSR count). The molecule has 0 saturated carbocycles. The lowest BCUT2D eigenvalue weighted by atomic mass is 10.00. The Morgan fingerprint density at radius 3 is 2.38 bits per heavy atom. The number of halogens is 3. The van der Waals surface area contributed by atoms with Crippen LogP contribution in [0.1, 0.15) is 13.3 Å². The predicted molar refractivity (Wildman–Crippen MR) is 36.1 cm³/mol. The molecule has 0 aromatic rings. The van der Waals surface area contributed by atoms with Crippen LogP contribution in [0.5, 0.6) is 0 Å². The monoisotopic (exact) mass is 198 g/mol. The molecule has 6 heteroatoms. The van der Waals surface area contributed by atoms with Gasteiger partial charge in [-0.15, -0.1) is 0 Å². The van der Waals surface area contributed by atoms with E-state index in [9.17, 15) is 18.0 Å². The van der Waals surface area contributed by atoms with Crippen LogP contribution in [0, 0.1) is 5.92 Å². The Bertz CT molecular complexity index is 214. The first-order valence-corrected chi connectivity index (χ1v) is 3.77. The number of ether oxygens (including phenoxy) is 1. The first kappa shape index (κ1) is 10.3. The van der Waals surface area contributed by atoms with Gasteiger partial charge in [0.2, 0.25) is 0 Å².